The fraction of sp³-hybridized carbons (Fsp3) is 0.259. The van der Waals surface area contributed by atoms with E-state index in [0.717, 1.165) is 53.3 Å². The normalized spacial score (nSPS) is 21.0. The molecule has 5 rings (SSSR count). The molecule has 0 bridgehead atoms. The summed E-state index contributed by atoms with van der Waals surface area (Å²) in [6, 6.07) is 4.55. The van der Waals surface area contributed by atoms with Gasteiger partial charge in [-0.2, -0.15) is 0 Å². The van der Waals surface area contributed by atoms with E-state index in [4.69, 9.17) is 0 Å². The fourth-order valence-corrected chi connectivity index (χ4v) is 4.41. The van der Waals surface area contributed by atoms with Gasteiger partial charge in [-0.3, -0.25) is 14.6 Å². The zero-order chi connectivity index (χ0) is 22.2. The van der Waals surface area contributed by atoms with Crippen LogP contribution in [0.25, 0.3) is 11.2 Å². The lowest BCUT2D eigenvalue weighted by Gasteiger charge is -2.31. The van der Waals surface area contributed by atoms with E-state index in [1.54, 1.807) is 11.0 Å². The molecule has 0 saturated carbocycles. The van der Waals surface area contributed by atoms with E-state index in [1.165, 1.54) is 5.57 Å². The predicted molar refractivity (Wildman–Crippen MR) is 129 cm³/mol. The average molecular weight is 425 g/mol. The van der Waals surface area contributed by atoms with Gasteiger partial charge in [0.15, 0.2) is 0 Å². The van der Waals surface area contributed by atoms with Gasteiger partial charge in [0.25, 0.3) is 5.91 Å². The van der Waals surface area contributed by atoms with Crippen molar-refractivity contribution in [1.29, 1.82) is 0 Å². The third kappa shape index (κ3) is 3.92. The summed E-state index contributed by atoms with van der Waals surface area (Å²) in [5.74, 6) is -0.0421. The number of carbonyl (C=O) groups is 1. The van der Waals surface area contributed by atoms with E-state index in [1.807, 2.05) is 66.4 Å². The van der Waals surface area contributed by atoms with Crippen LogP contribution in [0, 0.1) is 6.92 Å². The molecule has 0 atom stereocenters. The minimum absolute atomic E-state index is 0.0421. The molecule has 5 heterocycles. The molecule has 0 radical (unpaired) electrons. The van der Waals surface area contributed by atoms with Crippen LogP contribution in [0.3, 0.4) is 0 Å². The molecule has 32 heavy (non-hydrogen) atoms. The van der Waals surface area contributed by atoms with E-state index < -0.39 is 0 Å². The number of rotatable bonds is 3. The third-order valence-electron chi connectivity index (χ3n) is 6.29. The maximum absolute atomic E-state index is 13.3. The fourth-order valence-electron chi connectivity index (χ4n) is 4.41. The van der Waals surface area contributed by atoms with E-state index in [9.17, 15) is 4.79 Å². The van der Waals surface area contributed by atoms with Crippen molar-refractivity contribution in [2.75, 3.05) is 13.1 Å². The van der Waals surface area contributed by atoms with Gasteiger partial charge in [-0.05, 0) is 73.8 Å². The van der Waals surface area contributed by atoms with Gasteiger partial charge in [-0.1, -0.05) is 24.3 Å². The standard InChI is InChI=1S/C27H28N4O/c1-19(2)29-13-11-21(12-14-29)24-7-9-25-6-4-5-22(15-27(32)31(25)18-24)23-8-10-26-28-20(3)16-30(26)17-23/h4-11,15-19H,12-14H2,1-3H3/b5-4?,22-15?,25-6+. The highest BCUT2D eigenvalue weighted by Gasteiger charge is 2.22. The van der Waals surface area contributed by atoms with E-state index in [2.05, 4.69) is 35.9 Å². The summed E-state index contributed by atoms with van der Waals surface area (Å²) in [6.45, 7) is 8.45. The Morgan fingerprint density at radius 3 is 2.72 bits per heavy atom. The number of amides is 1. The minimum Gasteiger partial charge on any atom is -0.306 e. The Kier molecular flexibility index (Phi) is 5.27. The molecule has 5 heteroatoms. The molecule has 2 aromatic rings. The summed E-state index contributed by atoms with van der Waals surface area (Å²) in [5, 5.41) is 0. The second-order valence-corrected chi connectivity index (χ2v) is 8.81. The molecule has 5 nitrogen and oxygen atoms in total. The number of allylic oxidation sites excluding steroid dienone is 7. The van der Waals surface area contributed by atoms with Crippen molar-refractivity contribution >= 4 is 17.1 Å². The van der Waals surface area contributed by atoms with Crippen LogP contribution < -0.4 is 0 Å². The first-order chi connectivity index (χ1) is 15.5. The van der Waals surface area contributed by atoms with Crippen molar-refractivity contribution in [3.8, 4) is 0 Å². The molecule has 0 unspecified atom stereocenters. The Morgan fingerprint density at radius 2 is 1.94 bits per heavy atom. The Labute approximate surface area is 189 Å². The Hall–Kier alpha value is -3.44. The summed E-state index contributed by atoms with van der Waals surface area (Å²) in [6.07, 6.45) is 21.2. The van der Waals surface area contributed by atoms with Crippen LogP contribution >= 0.6 is 0 Å². The first-order valence-corrected chi connectivity index (χ1v) is 11.2. The van der Waals surface area contributed by atoms with Crippen molar-refractivity contribution in [2.24, 2.45) is 0 Å². The van der Waals surface area contributed by atoms with Crippen LogP contribution in [0.1, 0.15) is 31.5 Å². The van der Waals surface area contributed by atoms with Crippen LogP contribution in [0.5, 0.6) is 0 Å². The molecule has 0 fully saturated rings. The maximum atomic E-state index is 13.3. The monoisotopic (exact) mass is 424 g/mol. The molecule has 3 aliphatic heterocycles. The molecular weight excluding hydrogens is 396 g/mol. The van der Waals surface area contributed by atoms with Crippen LogP contribution in [0.15, 0.2) is 90.1 Å². The molecular formula is C27H28N4O. The largest absolute Gasteiger partial charge is 0.306 e. The van der Waals surface area contributed by atoms with Gasteiger partial charge in [0.05, 0.1) is 5.69 Å². The zero-order valence-electron chi connectivity index (χ0n) is 18.8. The zero-order valence-corrected chi connectivity index (χ0v) is 18.8. The molecule has 0 aromatic carbocycles. The molecule has 0 aliphatic carbocycles. The van der Waals surface area contributed by atoms with E-state index in [0.29, 0.717) is 6.04 Å². The van der Waals surface area contributed by atoms with Crippen LogP contribution in [-0.4, -0.2) is 44.2 Å². The molecule has 162 valence electrons. The van der Waals surface area contributed by atoms with E-state index >= 15 is 0 Å². The number of hydrogen-bond acceptors (Lipinski definition) is 3. The van der Waals surface area contributed by atoms with Crippen LogP contribution in [-0.2, 0) is 4.79 Å². The minimum atomic E-state index is -0.0421. The maximum Gasteiger partial charge on any atom is 0.255 e. The quantitative estimate of drug-likeness (QED) is 0.711. The lowest BCUT2D eigenvalue weighted by Crippen LogP contribution is -2.35. The second kappa shape index (κ2) is 8.24. The van der Waals surface area contributed by atoms with Crippen molar-refractivity contribution in [1.82, 2.24) is 19.2 Å². The number of carbonyl (C=O) groups excluding carboxylic acids is 1. The van der Waals surface area contributed by atoms with Gasteiger partial charge < -0.3 is 4.40 Å². The average Bonchev–Trinajstić information content (AvgIpc) is 3.16. The predicted octanol–water partition coefficient (Wildman–Crippen LogP) is 4.80. The second-order valence-electron chi connectivity index (χ2n) is 8.81. The molecule has 0 saturated heterocycles. The van der Waals surface area contributed by atoms with Crippen LogP contribution in [0.4, 0.5) is 0 Å². The highest BCUT2D eigenvalue weighted by Crippen LogP contribution is 2.29. The Balaban J connectivity index is 1.44. The van der Waals surface area contributed by atoms with E-state index in [-0.39, 0.29) is 5.91 Å². The number of aryl methyl sites for hydroxylation is 1. The lowest BCUT2D eigenvalue weighted by molar-refractivity contribution is -0.122. The highest BCUT2D eigenvalue weighted by atomic mass is 16.2. The number of aromatic nitrogens is 2. The molecule has 2 aromatic heterocycles. The number of fused-ring (bicyclic) bond motifs is 2. The third-order valence-corrected chi connectivity index (χ3v) is 6.29. The van der Waals surface area contributed by atoms with Gasteiger partial charge in [-0.15, -0.1) is 0 Å². The Morgan fingerprint density at radius 1 is 1.06 bits per heavy atom. The smallest absolute Gasteiger partial charge is 0.255 e. The number of hydrogen-bond donors (Lipinski definition) is 0. The number of imidazole rings is 1. The van der Waals surface area contributed by atoms with Crippen molar-refractivity contribution in [3.05, 3.63) is 101 Å². The van der Waals surface area contributed by atoms with Crippen molar-refractivity contribution in [2.45, 2.75) is 33.2 Å². The van der Waals surface area contributed by atoms with Gasteiger partial charge >= 0.3 is 0 Å². The molecule has 1 amide bonds. The van der Waals surface area contributed by atoms with Gasteiger partial charge in [0.2, 0.25) is 0 Å². The van der Waals surface area contributed by atoms with Crippen molar-refractivity contribution in [3.63, 3.8) is 0 Å². The molecule has 0 spiro atoms. The van der Waals surface area contributed by atoms with Crippen LogP contribution in [0.2, 0.25) is 0 Å². The Bertz CT molecular complexity index is 1270. The summed E-state index contributed by atoms with van der Waals surface area (Å²) < 4.78 is 2.00. The lowest BCUT2D eigenvalue weighted by atomic mass is 9.96. The van der Waals surface area contributed by atoms with Crippen molar-refractivity contribution < 1.29 is 4.79 Å². The van der Waals surface area contributed by atoms with Gasteiger partial charge in [0, 0.05) is 49.5 Å². The summed E-state index contributed by atoms with van der Waals surface area (Å²) in [4.78, 5) is 22.0. The molecule has 3 aliphatic rings. The van der Waals surface area contributed by atoms with Gasteiger partial charge in [-0.25, -0.2) is 4.98 Å². The highest BCUT2D eigenvalue weighted by molar-refractivity contribution is 6.00. The first-order valence-electron chi connectivity index (χ1n) is 11.2. The van der Waals surface area contributed by atoms with Gasteiger partial charge in [0.1, 0.15) is 5.65 Å². The number of pyridine rings is 1. The number of nitrogens with zero attached hydrogens (tertiary/aromatic N) is 4. The summed E-state index contributed by atoms with van der Waals surface area (Å²) in [7, 11) is 0. The molecule has 0 N–H and O–H groups in total. The topological polar surface area (TPSA) is 40.9 Å². The first kappa shape index (κ1) is 20.5. The summed E-state index contributed by atoms with van der Waals surface area (Å²) >= 11 is 0. The summed E-state index contributed by atoms with van der Waals surface area (Å²) in [5.41, 5.74) is 7.05. The SMILES string of the molecule is Cc1cn2cc(C3=CC(=O)N4C=C(C5=CCN(C(C)C)CC5)C=C/C4=C\C=C3)ccc2n1.